The smallest absolute Gasteiger partial charge is 0.305 e. The van der Waals surface area contributed by atoms with E-state index < -0.39 is 0 Å². The number of hydrogen-bond acceptors (Lipinski definition) is 4. The zero-order chi connectivity index (χ0) is 9.23. The molecule has 0 unspecified atom stereocenters. The minimum absolute atomic E-state index is 0.0283. The highest BCUT2D eigenvalue weighted by atomic mass is 16.6. The molecule has 12 heavy (non-hydrogen) atoms. The van der Waals surface area contributed by atoms with Gasteiger partial charge in [0.1, 0.15) is 6.61 Å². The predicted molar refractivity (Wildman–Crippen MR) is 43.8 cm³/mol. The molecular weight excluding hydrogens is 160 g/mol. The Morgan fingerprint density at radius 2 is 2.17 bits per heavy atom. The number of ether oxygens (including phenoxy) is 2. The monoisotopic (exact) mass is 176 g/mol. The summed E-state index contributed by atoms with van der Waals surface area (Å²) in [6.45, 7) is 3.29. The lowest BCUT2D eigenvalue weighted by Crippen LogP contribution is -2.10. The first-order valence-corrected chi connectivity index (χ1v) is 4.15. The summed E-state index contributed by atoms with van der Waals surface area (Å²) in [6, 6.07) is 0. The van der Waals surface area contributed by atoms with Crippen molar-refractivity contribution in [1.29, 1.82) is 0 Å². The zero-order valence-electron chi connectivity index (χ0n) is 7.41. The van der Waals surface area contributed by atoms with Crippen LogP contribution in [-0.4, -0.2) is 37.5 Å². The summed E-state index contributed by atoms with van der Waals surface area (Å²) in [6.07, 6.45) is 0.746. The van der Waals surface area contributed by atoms with Gasteiger partial charge < -0.3 is 14.6 Å². The molecule has 0 aromatic rings. The molecule has 72 valence electrons. The molecule has 0 saturated heterocycles. The molecule has 0 aromatic carbocycles. The van der Waals surface area contributed by atoms with Crippen LogP contribution in [0.15, 0.2) is 0 Å². The summed E-state index contributed by atoms with van der Waals surface area (Å²) in [5.41, 5.74) is 0. The Labute approximate surface area is 72.5 Å². The average molecular weight is 176 g/mol. The van der Waals surface area contributed by atoms with Gasteiger partial charge in [-0.25, -0.2) is 0 Å². The molecule has 0 aliphatic carbocycles. The Kier molecular flexibility index (Phi) is 8.05. The summed E-state index contributed by atoms with van der Waals surface area (Å²) < 4.78 is 9.73. The van der Waals surface area contributed by atoms with Gasteiger partial charge in [-0.2, -0.15) is 0 Å². The number of aliphatic hydroxyl groups excluding tert-OH is 1. The molecule has 0 atom stereocenters. The van der Waals surface area contributed by atoms with Crippen LogP contribution >= 0.6 is 0 Å². The van der Waals surface area contributed by atoms with Crippen LogP contribution in [-0.2, 0) is 14.3 Å². The van der Waals surface area contributed by atoms with Crippen LogP contribution in [0.1, 0.15) is 19.8 Å². The number of rotatable bonds is 7. The van der Waals surface area contributed by atoms with Gasteiger partial charge in [0.2, 0.25) is 0 Å². The van der Waals surface area contributed by atoms with Crippen LogP contribution < -0.4 is 0 Å². The predicted octanol–water partition coefficient (Wildman–Crippen LogP) is 0.339. The van der Waals surface area contributed by atoms with Crippen molar-refractivity contribution in [2.75, 3.05) is 26.4 Å². The SMILES string of the molecule is CCOCCOC(=O)CCCO. The molecule has 0 heterocycles. The van der Waals surface area contributed by atoms with E-state index in [1.807, 2.05) is 6.92 Å². The van der Waals surface area contributed by atoms with E-state index >= 15 is 0 Å². The molecule has 1 N–H and O–H groups in total. The quantitative estimate of drug-likeness (QED) is 0.449. The van der Waals surface area contributed by atoms with E-state index in [-0.39, 0.29) is 19.0 Å². The molecule has 0 aliphatic rings. The molecular formula is C8H16O4. The number of carbonyl (C=O) groups excluding carboxylic acids is 1. The Hall–Kier alpha value is -0.610. The normalized spacial score (nSPS) is 9.83. The van der Waals surface area contributed by atoms with Gasteiger partial charge in [0.25, 0.3) is 0 Å². The van der Waals surface area contributed by atoms with Crippen molar-refractivity contribution < 1.29 is 19.4 Å². The topological polar surface area (TPSA) is 55.8 Å². The fraction of sp³-hybridized carbons (Fsp3) is 0.875. The highest BCUT2D eigenvalue weighted by Gasteiger charge is 2.00. The second-order valence-electron chi connectivity index (χ2n) is 2.24. The molecule has 0 rings (SSSR count). The van der Waals surface area contributed by atoms with Gasteiger partial charge in [-0.05, 0) is 13.3 Å². The van der Waals surface area contributed by atoms with Gasteiger partial charge in [0.05, 0.1) is 6.61 Å². The van der Waals surface area contributed by atoms with Gasteiger partial charge >= 0.3 is 5.97 Å². The molecule has 4 nitrogen and oxygen atoms in total. The van der Waals surface area contributed by atoms with E-state index in [1.165, 1.54) is 0 Å². The van der Waals surface area contributed by atoms with Crippen molar-refractivity contribution in [3.63, 3.8) is 0 Å². The molecule has 0 bridgehead atoms. The maximum atomic E-state index is 10.8. The largest absolute Gasteiger partial charge is 0.463 e. The Bertz CT molecular complexity index is 114. The number of esters is 1. The minimum atomic E-state index is -0.274. The summed E-state index contributed by atoms with van der Waals surface area (Å²) in [5.74, 6) is -0.274. The third-order valence-corrected chi connectivity index (χ3v) is 1.23. The molecule has 0 spiro atoms. The van der Waals surface area contributed by atoms with E-state index in [0.717, 1.165) is 0 Å². The number of aliphatic hydroxyl groups is 1. The van der Waals surface area contributed by atoms with Crippen LogP contribution in [0.5, 0.6) is 0 Å². The van der Waals surface area contributed by atoms with Crippen molar-refractivity contribution in [3.8, 4) is 0 Å². The summed E-state index contributed by atoms with van der Waals surface area (Å²) in [5, 5.41) is 8.39. The van der Waals surface area contributed by atoms with Crippen LogP contribution in [0.25, 0.3) is 0 Å². The third kappa shape index (κ3) is 7.50. The fourth-order valence-corrected chi connectivity index (χ4v) is 0.654. The molecule has 0 saturated carbocycles. The van der Waals surface area contributed by atoms with Crippen molar-refractivity contribution in [1.82, 2.24) is 0 Å². The van der Waals surface area contributed by atoms with Gasteiger partial charge in [0, 0.05) is 19.6 Å². The fourth-order valence-electron chi connectivity index (χ4n) is 0.654. The third-order valence-electron chi connectivity index (χ3n) is 1.23. The van der Waals surface area contributed by atoms with E-state index in [4.69, 9.17) is 14.6 Å². The number of carbonyl (C=O) groups is 1. The number of hydrogen-bond donors (Lipinski definition) is 1. The van der Waals surface area contributed by atoms with Crippen LogP contribution in [0.4, 0.5) is 0 Å². The van der Waals surface area contributed by atoms with Crippen molar-refractivity contribution in [3.05, 3.63) is 0 Å². The summed E-state index contributed by atoms with van der Waals surface area (Å²) in [4.78, 5) is 10.8. The van der Waals surface area contributed by atoms with Gasteiger partial charge in [-0.1, -0.05) is 0 Å². The van der Waals surface area contributed by atoms with Crippen molar-refractivity contribution >= 4 is 5.97 Å². The van der Waals surface area contributed by atoms with Crippen LogP contribution in [0.3, 0.4) is 0 Å². The Balaban J connectivity index is 3.08. The zero-order valence-corrected chi connectivity index (χ0v) is 7.41. The maximum Gasteiger partial charge on any atom is 0.305 e. The van der Waals surface area contributed by atoms with E-state index in [9.17, 15) is 4.79 Å². The summed E-state index contributed by atoms with van der Waals surface area (Å²) >= 11 is 0. The van der Waals surface area contributed by atoms with Gasteiger partial charge in [0.15, 0.2) is 0 Å². The van der Waals surface area contributed by atoms with E-state index in [0.29, 0.717) is 26.2 Å². The maximum absolute atomic E-state index is 10.8. The first kappa shape index (κ1) is 11.4. The lowest BCUT2D eigenvalue weighted by Gasteiger charge is -2.03. The van der Waals surface area contributed by atoms with Crippen LogP contribution in [0, 0.1) is 0 Å². The highest BCUT2D eigenvalue weighted by molar-refractivity contribution is 5.69. The first-order valence-electron chi connectivity index (χ1n) is 4.15. The molecule has 0 aromatic heterocycles. The van der Waals surface area contributed by atoms with E-state index in [1.54, 1.807) is 0 Å². The first-order chi connectivity index (χ1) is 5.81. The molecule has 0 radical (unpaired) electrons. The minimum Gasteiger partial charge on any atom is -0.463 e. The second kappa shape index (κ2) is 8.49. The van der Waals surface area contributed by atoms with Crippen molar-refractivity contribution in [2.24, 2.45) is 0 Å². The molecule has 4 heteroatoms. The Morgan fingerprint density at radius 1 is 1.42 bits per heavy atom. The lowest BCUT2D eigenvalue weighted by molar-refractivity contribution is -0.145. The Morgan fingerprint density at radius 3 is 2.75 bits per heavy atom. The lowest BCUT2D eigenvalue weighted by atomic mass is 10.3. The highest BCUT2D eigenvalue weighted by Crippen LogP contribution is 1.91. The molecule has 0 fully saturated rings. The van der Waals surface area contributed by atoms with Crippen LogP contribution in [0.2, 0.25) is 0 Å². The van der Waals surface area contributed by atoms with Gasteiger partial charge in [-0.15, -0.1) is 0 Å². The summed E-state index contributed by atoms with van der Waals surface area (Å²) in [7, 11) is 0. The van der Waals surface area contributed by atoms with E-state index in [2.05, 4.69) is 0 Å². The second-order valence-corrected chi connectivity index (χ2v) is 2.24. The van der Waals surface area contributed by atoms with Gasteiger partial charge in [-0.3, -0.25) is 4.79 Å². The molecule has 0 aliphatic heterocycles. The average Bonchev–Trinajstić information content (AvgIpc) is 2.09. The standard InChI is InChI=1S/C8H16O4/c1-2-11-6-7-12-8(10)4-3-5-9/h9H,2-7H2,1H3. The van der Waals surface area contributed by atoms with Crippen molar-refractivity contribution in [2.45, 2.75) is 19.8 Å². The molecule has 0 amide bonds.